The summed E-state index contributed by atoms with van der Waals surface area (Å²) < 4.78 is 6.13. The molecule has 1 aromatic rings. The Morgan fingerprint density at radius 2 is 2.00 bits per heavy atom. The van der Waals surface area contributed by atoms with Gasteiger partial charge in [-0.15, -0.1) is 6.58 Å². The molecule has 0 spiro atoms. The van der Waals surface area contributed by atoms with E-state index >= 15 is 0 Å². The Morgan fingerprint density at radius 1 is 1.33 bits per heavy atom. The van der Waals surface area contributed by atoms with Gasteiger partial charge in [-0.3, -0.25) is 4.79 Å². The smallest absolute Gasteiger partial charge is 0.252 e. The van der Waals surface area contributed by atoms with Crippen LogP contribution in [0.2, 0.25) is 5.02 Å². The average Bonchev–Trinajstić information content (AvgIpc) is 3.43. The van der Waals surface area contributed by atoms with E-state index in [1.54, 1.807) is 6.08 Å². The summed E-state index contributed by atoms with van der Waals surface area (Å²) in [7, 11) is 0. The van der Waals surface area contributed by atoms with Gasteiger partial charge in [0.05, 0.1) is 12.6 Å². The fourth-order valence-corrected chi connectivity index (χ4v) is 4.82. The minimum absolute atomic E-state index is 0.0537. The van der Waals surface area contributed by atoms with Crippen LogP contribution < -0.4 is 0 Å². The van der Waals surface area contributed by atoms with Gasteiger partial charge in [0, 0.05) is 28.0 Å². The van der Waals surface area contributed by atoms with Gasteiger partial charge in [0.2, 0.25) is 0 Å². The molecule has 1 heterocycles. The summed E-state index contributed by atoms with van der Waals surface area (Å²) in [6.07, 6.45) is 4.34. The number of nitrogens with zero attached hydrogens (tertiary/aromatic N) is 1. The molecule has 1 aromatic carbocycles. The molecule has 0 bridgehead atoms. The number of carbonyl (C=O) groups excluding carboxylic acids is 1. The van der Waals surface area contributed by atoms with Crippen molar-refractivity contribution >= 4 is 29.3 Å². The van der Waals surface area contributed by atoms with Crippen LogP contribution in [0.5, 0.6) is 0 Å². The highest BCUT2D eigenvalue weighted by atomic mass is 35.5. The van der Waals surface area contributed by atoms with Gasteiger partial charge < -0.3 is 9.64 Å². The van der Waals surface area contributed by atoms with E-state index in [-0.39, 0.29) is 22.7 Å². The molecule has 27 heavy (non-hydrogen) atoms. The molecule has 0 aromatic heterocycles. The summed E-state index contributed by atoms with van der Waals surface area (Å²) in [5.74, 6) is 1.67. The maximum absolute atomic E-state index is 13.4. The molecule has 1 aliphatic heterocycles. The second kappa shape index (κ2) is 8.59. The first-order valence-electron chi connectivity index (χ1n) is 9.74. The van der Waals surface area contributed by atoms with Gasteiger partial charge in [-0.2, -0.15) is 11.8 Å². The van der Waals surface area contributed by atoms with Crippen LogP contribution in [0.4, 0.5) is 0 Å². The number of carbonyl (C=O) groups is 1. The summed E-state index contributed by atoms with van der Waals surface area (Å²) in [6, 6.07) is 8.02. The fourth-order valence-electron chi connectivity index (χ4n) is 3.60. The van der Waals surface area contributed by atoms with Crippen LogP contribution in [-0.4, -0.2) is 40.1 Å². The lowest BCUT2D eigenvalue weighted by Gasteiger charge is -2.44. The average molecular weight is 408 g/mol. The number of ether oxygens (including phenoxy) is 1. The van der Waals surface area contributed by atoms with Crippen LogP contribution >= 0.6 is 23.4 Å². The molecule has 3 unspecified atom stereocenters. The van der Waals surface area contributed by atoms with Gasteiger partial charge in [-0.25, -0.2) is 0 Å². The van der Waals surface area contributed by atoms with Gasteiger partial charge in [-0.05, 0) is 36.5 Å². The normalized spacial score (nSPS) is 24.7. The van der Waals surface area contributed by atoms with Crippen molar-refractivity contribution in [3.05, 3.63) is 47.5 Å². The SMILES string of the molecule is C=CCC1OCC(c2ccc(Cl)cc2)N(C(CSC(C)(C)C)C2CC2)C1=O. The molecule has 1 saturated heterocycles. The van der Waals surface area contributed by atoms with Gasteiger partial charge in [-0.1, -0.05) is 50.6 Å². The predicted octanol–water partition coefficient (Wildman–Crippen LogP) is 5.49. The van der Waals surface area contributed by atoms with E-state index in [4.69, 9.17) is 16.3 Å². The Morgan fingerprint density at radius 3 is 2.56 bits per heavy atom. The number of rotatable bonds is 7. The lowest BCUT2D eigenvalue weighted by molar-refractivity contribution is -0.163. The van der Waals surface area contributed by atoms with Crippen molar-refractivity contribution in [3.8, 4) is 0 Å². The standard InChI is InChI=1S/C22H30ClNO2S/c1-5-6-20-21(25)24(19(16-7-8-16)14-27-22(2,3)4)18(13-26-20)15-9-11-17(23)12-10-15/h5,9-12,16,18-20H,1,6-8,13-14H2,2-4H3. The molecule has 0 radical (unpaired) electrons. The Balaban J connectivity index is 1.90. The molecule has 1 saturated carbocycles. The van der Waals surface area contributed by atoms with Crippen molar-refractivity contribution in [1.29, 1.82) is 0 Å². The number of morpholine rings is 1. The van der Waals surface area contributed by atoms with Gasteiger partial charge in [0.15, 0.2) is 0 Å². The molecular weight excluding hydrogens is 378 g/mol. The molecule has 5 heteroatoms. The lowest BCUT2D eigenvalue weighted by atomic mass is 9.98. The zero-order valence-electron chi connectivity index (χ0n) is 16.5. The van der Waals surface area contributed by atoms with Crippen molar-refractivity contribution in [2.75, 3.05) is 12.4 Å². The van der Waals surface area contributed by atoms with Crippen LogP contribution in [0.1, 0.15) is 51.6 Å². The van der Waals surface area contributed by atoms with Gasteiger partial charge in [0.25, 0.3) is 5.91 Å². The molecule has 1 aliphatic carbocycles. The molecule has 148 valence electrons. The molecule has 3 nitrogen and oxygen atoms in total. The van der Waals surface area contributed by atoms with E-state index in [1.165, 1.54) is 12.8 Å². The maximum Gasteiger partial charge on any atom is 0.252 e. The van der Waals surface area contributed by atoms with E-state index in [0.29, 0.717) is 24.0 Å². The zero-order chi connectivity index (χ0) is 19.6. The topological polar surface area (TPSA) is 29.5 Å². The molecule has 2 aliphatic rings. The van der Waals surface area contributed by atoms with Crippen LogP contribution in [0.15, 0.2) is 36.9 Å². The Bertz CT molecular complexity index is 666. The maximum atomic E-state index is 13.4. The van der Waals surface area contributed by atoms with E-state index in [9.17, 15) is 4.79 Å². The predicted molar refractivity (Wildman–Crippen MR) is 114 cm³/mol. The molecule has 3 rings (SSSR count). The molecule has 2 fully saturated rings. The van der Waals surface area contributed by atoms with Crippen molar-refractivity contribution < 1.29 is 9.53 Å². The van der Waals surface area contributed by atoms with Crippen molar-refractivity contribution in [2.45, 2.75) is 63.0 Å². The van der Waals surface area contributed by atoms with Gasteiger partial charge >= 0.3 is 0 Å². The minimum Gasteiger partial charge on any atom is -0.366 e. The summed E-state index contributed by atoms with van der Waals surface area (Å²) in [5.41, 5.74) is 1.09. The number of hydrogen-bond donors (Lipinski definition) is 0. The highest BCUT2D eigenvalue weighted by Gasteiger charge is 2.45. The molecule has 1 amide bonds. The minimum atomic E-state index is -0.410. The third kappa shape index (κ3) is 5.30. The third-order valence-corrected chi connectivity index (χ3v) is 6.79. The van der Waals surface area contributed by atoms with Crippen molar-refractivity contribution in [1.82, 2.24) is 4.90 Å². The summed E-state index contributed by atoms with van der Waals surface area (Å²) >= 11 is 8.02. The highest BCUT2D eigenvalue weighted by molar-refractivity contribution is 8.00. The number of benzene rings is 1. The van der Waals surface area contributed by atoms with Crippen molar-refractivity contribution in [3.63, 3.8) is 0 Å². The highest BCUT2D eigenvalue weighted by Crippen LogP contribution is 2.43. The Kier molecular flexibility index (Phi) is 6.60. The number of hydrogen-bond acceptors (Lipinski definition) is 3. The second-order valence-electron chi connectivity index (χ2n) is 8.49. The fraction of sp³-hybridized carbons (Fsp3) is 0.591. The van der Waals surface area contributed by atoms with Crippen molar-refractivity contribution in [2.24, 2.45) is 5.92 Å². The first-order chi connectivity index (χ1) is 12.8. The van der Waals surface area contributed by atoms with Gasteiger partial charge in [0.1, 0.15) is 6.10 Å². The second-order valence-corrected chi connectivity index (χ2v) is 10.8. The lowest BCUT2D eigenvalue weighted by Crippen LogP contribution is -2.55. The van der Waals surface area contributed by atoms with E-state index in [0.717, 1.165) is 11.3 Å². The number of halogens is 1. The number of amides is 1. The Labute approximate surface area is 172 Å². The van der Waals surface area contributed by atoms with E-state index in [1.807, 2.05) is 36.0 Å². The zero-order valence-corrected chi connectivity index (χ0v) is 18.1. The summed E-state index contributed by atoms with van der Waals surface area (Å²) in [4.78, 5) is 15.5. The van der Waals surface area contributed by atoms with Crippen LogP contribution in [0.3, 0.4) is 0 Å². The first-order valence-corrected chi connectivity index (χ1v) is 11.1. The third-order valence-electron chi connectivity index (χ3n) is 5.17. The van der Waals surface area contributed by atoms with Crippen LogP contribution in [-0.2, 0) is 9.53 Å². The summed E-state index contributed by atoms with van der Waals surface area (Å²) in [6.45, 7) is 11.0. The summed E-state index contributed by atoms with van der Waals surface area (Å²) in [5, 5.41) is 0.708. The van der Waals surface area contributed by atoms with Crippen LogP contribution in [0.25, 0.3) is 0 Å². The molecular formula is C22H30ClNO2S. The monoisotopic (exact) mass is 407 g/mol. The van der Waals surface area contributed by atoms with E-state index in [2.05, 4.69) is 32.3 Å². The van der Waals surface area contributed by atoms with Crippen LogP contribution in [0, 0.1) is 5.92 Å². The largest absolute Gasteiger partial charge is 0.366 e. The number of thioether (sulfide) groups is 1. The first kappa shape index (κ1) is 20.8. The van der Waals surface area contributed by atoms with E-state index < -0.39 is 6.10 Å². The molecule has 0 N–H and O–H groups in total. The molecule has 3 atom stereocenters. The quantitative estimate of drug-likeness (QED) is 0.559. The Hall–Kier alpha value is -0.970.